The van der Waals surface area contributed by atoms with E-state index in [4.69, 9.17) is 11.6 Å². The molecule has 3 heteroatoms. The molecule has 0 N–H and O–H groups in total. The molecule has 0 spiro atoms. The van der Waals surface area contributed by atoms with Crippen LogP contribution in [0.1, 0.15) is 10.4 Å². The summed E-state index contributed by atoms with van der Waals surface area (Å²) in [6.07, 6.45) is 0.928. The SMILES string of the molecule is O=C(Cc1ccc(Cl)s1)Cc1cccc2ccccc12. The predicted molar refractivity (Wildman–Crippen MR) is 85.7 cm³/mol. The Balaban J connectivity index is 1.81. The molecule has 100 valence electrons. The molecule has 1 heterocycles. The molecule has 0 saturated heterocycles. The first-order valence-corrected chi connectivity index (χ1v) is 7.64. The highest BCUT2D eigenvalue weighted by Gasteiger charge is 2.09. The Bertz CT molecular complexity index is 755. The molecule has 0 amide bonds. The summed E-state index contributed by atoms with van der Waals surface area (Å²) < 4.78 is 0.734. The van der Waals surface area contributed by atoms with Crippen LogP contribution in [0.3, 0.4) is 0 Å². The van der Waals surface area contributed by atoms with E-state index in [-0.39, 0.29) is 5.78 Å². The summed E-state index contributed by atoms with van der Waals surface area (Å²) >= 11 is 7.36. The standard InChI is InChI=1S/C17H13ClOS/c18-17-9-8-15(20-17)11-14(19)10-13-6-3-5-12-4-1-2-7-16(12)13/h1-9H,10-11H2. The first-order chi connectivity index (χ1) is 9.72. The zero-order valence-electron chi connectivity index (χ0n) is 10.8. The smallest absolute Gasteiger partial charge is 0.142 e. The van der Waals surface area contributed by atoms with Gasteiger partial charge in [0.25, 0.3) is 0 Å². The fourth-order valence-corrected chi connectivity index (χ4v) is 3.48. The van der Waals surface area contributed by atoms with Crippen molar-refractivity contribution in [2.75, 3.05) is 0 Å². The molecule has 0 unspecified atom stereocenters. The molecule has 3 aromatic rings. The van der Waals surface area contributed by atoms with Crippen LogP contribution in [0.2, 0.25) is 4.34 Å². The summed E-state index contributed by atoms with van der Waals surface area (Å²) in [4.78, 5) is 13.2. The number of hydrogen-bond donors (Lipinski definition) is 0. The van der Waals surface area contributed by atoms with Gasteiger partial charge in [-0.25, -0.2) is 0 Å². The zero-order chi connectivity index (χ0) is 13.9. The third-order valence-corrected chi connectivity index (χ3v) is 4.50. The van der Waals surface area contributed by atoms with E-state index in [2.05, 4.69) is 18.2 Å². The van der Waals surface area contributed by atoms with E-state index < -0.39 is 0 Å². The van der Waals surface area contributed by atoms with Gasteiger partial charge in [0.1, 0.15) is 5.78 Å². The van der Waals surface area contributed by atoms with Crippen LogP contribution < -0.4 is 0 Å². The summed E-state index contributed by atoms with van der Waals surface area (Å²) in [6, 6.07) is 18.0. The summed E-state index contributed by atoms with van der Waals surface area (Å²) in [7, 11) is 0. The maximum Gasteiger partial charge on any atom is 0.142 e. The molecule has 0 fully saturated rings. The van der Waals surface area contributed by atoms with Gasteiger partial charge in [0.15, 0.2) is 0 Å². The molecule has 0 aliphatic heterocycles. The number of Topliss-reactive ketones (excluding diaryl/α,β-unsaturated/α-hetero) is 1. The lowest BCUT2D eigenvalue weighted by molar-refractivity contribution is -0.117. The predicted octanol–water partition coefficient (Wildman–Crippen LogP) is 4.91. The molecule has 3 rings (SSSR count). The normalized spacial score (nSPS) is 10.8. The van der Waals surface area contributed by atoms with E-state index in [1.807, 2.05) is 36.4 Å². The summed E-state index contributed by atoms with van der Waals surface area (Å²) in [5.41, 5.74) is 1.09. The van der Waals surface area contributed by atoms with Gasteiger partial charge in [0.05, 0.1) is 4.34 Å². The summed E-state index contributed by atoms with van der Waals surface area (Å²) in [6.45, 7) is 0. The fourth-order valence-electron chi connectivity index (χ4n) is 2.36. The molecule has 0 aliphatic carbocycles. The van der Waals surface area contributed by atoms with Gasteiger partial charge in [0.2, 0.25) is 0 Å². The largest absolute Gasteiger partial charge is 0.299 e. The van der Waals surface area contributed by atoms with Crippen molar-refractivity contribution in [2.24, 2.45) is 0 Å². The molecular weight excluding hydrogens is 288 g/mol. The Kier molecular flexibility index (Phi) is 3.86. The van der Waals surface area contributed by atoms with Gasteiger partial charge in [-0.15, -0.1) is 11.3 Å². The quantitative estimate of drug-likeness (QED) is 0.669. The van der Waals surface area contributed by atoms with Crippen molar-refractivity contribution in [3.8, 4) is 0 Å². The highest BCUT2D eigenvalue weighted by Crippen LogP contribution is 2.23. The van der Waals surface area contributed by atoms with Gasteiger partial charge in [-0.1, -0.05) is 54.1 Å². The van der Waals surface area contributed by atoms with Crippen LogP contribution in [0, 0.1) is 0 Å². The lowest BCUT2D eigenvalue weighted by atomic mass is 9.99. The van der Waals surface area contributed by atoms with Crippen molar-refractivity contribution < 1.29 is 4.79 Å². The minimum Gasteiger partial charge on any atom is -0.299 e. The zero-order valence-corrected chi connectivity index (χ0v) is 12.4. The van der Waals surface area contributed by atoms with Gasteiger partial charge >= 0.3 is 0 Å². The van der Waals surface area contributed by atoms with Crippen LogP contribution in [-0.4, -0.2) is 5.78 Å². The number of carbonyl (C=O) groups excluding carboxylic acids is 1. The first kappa shape index (κ1) is 13.3. The molecule has 0 radical (unpaired) electrons. The number of ketones is 1. The summed E-state index contributed by atoms with van der Waals surface area (Å²) in [5.74, 6) is 0.222. The van der Waals surface area contributed by atoms with Crippen molar-refractivity contribution in [1.29, 1.82) is 0 Å². The number of rotatable bonds is 4. The molecule has 0 saturated carbocycles. The average Bonchev–Trinajstić information content (AvgIpc) is 2.84. The van der Waals surface area contributed by atoms with Crippen LogP contribution in [0.5, 0.6) is 0 Å². The second-order valence-electron chi connectivity index (χ2n) is 4.74. The van der Waals surface area contributed by atoms with E-state index in [9.17, 15) is 4.79 Å². The minimum atomic E-state index is 0.222. The highest BCUT2D eigenvalue weighted by atomic mass is 35.5. The Morgan fingerprint density at radius 1 is 0.950 bits per heavy atom. The monoisotopic (exact) mass is 300 g/mol. The van der Waals surface area contributed by atoms with Crippen LogP contribution in [0.25, 0.3) is 10.8 Å². The van der Waals surface area contributed by atoms with E-state index in [1.165, 1.54) is 16.7 Å². The van der Waals surface area contributed by atoms with Gasteiger partial charge in [-0.2, -0.15) is 0 Å². The van der Waals surface area contributed by atoms with Crippen LogP contribution >= 0.6 is 22.9 Å². The van der Waals surface area contributed by atoms with Gasteiger partial charge in [-0.3, -0.25) is 4.79 Å². The number of thiophene rings is 1. The van der Waals surface area contributed by atoms with E-state index in [0.29, 0.717) is 12.8 Å². The maximum atomic E-state index is 12.2. The second kappa shape index (κ2) is 5.78. The molecule has 1 nitrogen and oxygen atoms in total. The van der Waals surface area contributed by atoms with Crippen molar-refractivity contribution in [3.63, 3.8) is 0 Å². The van der Waals surface area contributed by atoms with Crippen molar-refractivity contribution >= 4 is 39.5 Å². The topological polar surface area (TPSA) is 17.1 Å². The number of halogens is 1. The number of carbonyl (C=O) groups is 1. The van der Waals surface area contributed by atoms with Gasteiger partial charge in [-0.05, 0) is 28.5 Å². The van der Waals surface area contributed by atoms with Crippen LogP contribution in [0.4, 0.5) is 0 Å². The van der Waals surface area contributed by atoms with Crippen LogP contribution in [-0.2, 0) is 17.6 Å². The van der Waals surface area contributed by atoms with Crippen molar-refractivity contribution in [3.05, 3.63) is 69.4 Å². The maximum absolute atomic E-state index is 12.2. The minimum absolute atomic E-state index is 0.222. The van der Waals surface area contributed by atoms with E-state index in [0.717, 1.165) is 20.2 Å². The molecule has 0 bridgehead atoms. The van der Waals surface area contributed by atoms with E-state index >= 15 is 0 Å². The average molecular weight is 301 g/mol. The molecule has 0 aliphatic rings. The fraction of sp³-hybridized carbons (Fsp3) is 0.118. The molecule has 2 aromatic carbocycles. The Hall–Kier alpha value is -1.64. The van der Waals surface area contributed by atoms with E-state index in [1.54, 1.807) is 0 Å². The molecule has 20 heavy (non-hydrogen) atoms. The molecular formula is C17H13ClOS. The number of fused-ring (bicyclic) bond motifs is 1. The molecule has 0 atom stereocenters. The Labute approximate surface area is 126 Å². The van der Waals surface area contributed by atoms with Gasteiger partial charge < -0.3 is 0 Å². The number of benzene rings is 2. The first-order valence-electron chi connectivity index (χ1n) is 6.45. The van der Waals surface area contributed by atoms with Crippen LogP contribution in [0.15, 0.2) is 54.6 Å². The van der Waals surface area contributed by atoms with Crippen molar-refractivity contribution in [2.45, 2.75) is 12.8 Å². The molecule has 1 aromatic heterocycles. The Morgan fingerprint density at radius 2 is 1.75 bits per heavy atom. The highest BCUT2D eigenvalue weighted by molar-refractivity contribution is 7.16. The summed E-state index contributed by atoms with van der Waals surface area (Å²) in [5, 5.41) is 2.34. The van der Waals surface area contributed by atoms with Crippen molar-refractivity contribution in [1.82, 2.24) is 0 Å². The third kappa shape index (κ3) is 2.92. The second-order valence-corrected chi connectivity index (χ2v) is 6.54. The van der Waals surface area contributed by atoms with Gasteiger partial charge in [0, 0.05) is 17.7 Å². The third-order valence-electron chi connectivity index (χ3n) is 3.27. The number of hydrogen-bond acceptors (Lipinski definition) is 2. The Morgan fingerprint density at radius 3 is 2.55 bits per heavy atom. The lowest BCUT2D eigenvalue weighted by Crippen LogP contribution is -2.05. The lowest BCUT2D eigenvalue weighted by Gasteiger charge is -2.05.